The van der Waals surface area contributed by atoms with Gasteiger partial charge in [0.05, 0.1) is 13.2 Å². The Balaban J connectivity index is 2.47. The van der Waals surface area contributed by atoms with Crippen LogP contribution in [0.4, 0.5) is 0 Å². The van der Waals surface area contributed by atoms with Gasteiger partial charge in [0.1, 0.15) is 0 Å². The Kier molecular flexibility index (Phi) is 7.64. The Morgan fingerprint density at radius 3 is 2.89 bits per heavy atom. The van der Waals surface area contributed by atoms with Crippen LogP contribution in [0.15, 0.2) is 34.8 Å². The quantitative estimate of drug-likeness (QED) is 0.560. The van der Waals surface area contributed by atoms with Gasteiger partial charge in [-0.3, -0.25) is 0 Å². The minimum atomic E-state index is 0.0834. The molecule has 1 aromatic rings. The average molecular weight is 348 g/mol. The smallest absolute Gasteiger partial charge is 0.0672 e. The lowest BCUT2D eigenvalue weighted by molar-refractivity contribution is 0.155. The van der Waals surface area contributed by atoms with Gasteiger partial charge in [-0.1, -0.05) is 45.7 Å². The number of hydrogen-bond acceptors (Lipinski definition) is 3. The molecule has 0 saturated carbocycles. The predicted molar refractivity (Wildman–Crippen MR) is 84.6 cm³/mol. The standard InChI is InChI=1S/C14H20BrClN2O/c1-10(2)9-19-6-5-18-14(8-17)12-4-3-11(16)7-13(12)15/h3-4,7,14,18H,1,5-6,8-9,17H2,2H3. The normalized spacial score (nSPS) is 12.4. The van der Waals surface area contributed by atoms with E-state index in [1.54, 1.807) is 0 Å². The number of nitrogens with two attached hydrogens (primary N) is 1. The van der Waals surface area contributed by atoms with Gasteiger partial charge in [0.25, 0.3) is 0 Å². The van der Waals surface area contributed by atoms with Crippen LogP contribution in [0.5, 0.6) is 0 Å². The van der Waals surface area contributed by atoms with Crippen molar-refractivity contribution >= 4 is 27.5 Å². The fourth-order valence-electron chi connectivity index (χ4n) is 1.66. The molecule has 1 atom stereocenters. The van der Waals surface area contributed by atoms with E-state index in [1.807, 2.05) is 25.1 Å². The summed E-state index contributed by atoms with van der Waals surface area (Å²) >= 11 is 9.44. The third-order valence-electron chi connectivity index (χ3n) is 2.56. The van der Waals surface area contributed by atoms with Crippen LogP contribution in [0.25, 0.3) is 0 Å². The molecule has 0 bridgehead atoms. The number of ether oxygens (including phenoxy) is 1. The van der Waals surface area contributed by atoms with Gasteiger partial charge >= 0.3 is 0 Å². The van der Waals surface area contributed by atoms with Crippen molar-refractivity contribution in [3.63, 3.8) is 0 Å². The second-order valence-corrected chi connectivity index (χ2v) is 5.71. The van der Waals surface area contributed by atoms with Crippen LogP contribution < -0.4 is 11.1 Å². The molecule has 1 unspecified atom stereocenters. The molecule has 0 spiro atoms. The van der Waals surface area contributed by atoms with E-state index in [0.717, 1.165) is 22.2 Å². The van der Waals surface area contributed by atoms with E-state index in [-0.39, 0.29) is 6.04 Å². The van der Waals surface area contributed by atoms with E-state index in [1.165, 1.54) is 0 Å². The summed E-state index contributed by atoms with van der Waals surface area (Å²) in [5.74, 6) is 0. The molecule has 5 heteroatoms. The topological polar surface area (TPSA) is 47.3 Å². The van der Waals surface area contributed by atoms with E-state index in [4.69, 9.17) is 22.1 Å². The lowest BCUT2D eigenvalue weighted by Gasteiger charge is -2.19. The molecule has 1 rings (SSSR count). The molecule has 3 nitrogen and oxygen atoms in total. The van der Waals surface area contributed by atoms with E-state index >= 15 is 0 Å². The van der Waals surface area contributed by atoms with Crippen LogP contribution in [0, 0.1) is 0 Å². The maximum atomic E-state index is 5.93. The Hall–Kier alpha value is -0.390. The van der Waals surface area contributed by atoms with Gasteiger partial charge in [-0.15, -0.1) is 0 Å². The van der Waals surface area contributed by atoms with Crippen LogP contribution in [-0.4, -0.2) is 26.3 Å². The highest BCUT2D eigenvalue weighted by molar-refractivity contribution is 9.10. The Morgan fingerprint density at radius 1 is 1.58 bits per heavy atom. The monoisotopic (exact) mass is 346 g/mol. The molecule has 0 heterocycles. The molecule has 0 radical (unpaired) electrons. The highest BCUT2D eigenvalue weighted by atomic mass is 79.9. The summed E-state index contributed by atoms with van der Waals surface area (Å²) in [6, 6.07) is 5.80. The molecule has 19 heavy (non-hydrogen) atoms. The number of hydrogen-bond donors (Lipinski definition) is 2. The second kappa shape index (κ2) is 8.72. The molecule has 0 amide bonds. The molecule has 0 fully saturated rings. The van der Waals surface area contributed by atoms with E-state index in [9.17, 15) is 0 Å². The van der Waals surface area contributed by atoms with Crippen LogP contribution in [0.3, 0.4) is 0 Å². The molecule has 0 saturated heterocycles. The highest BCUT2D eigenvalue weighted by Gasteiger charge is 2.12. The van der Waals surface area contributed by atoms with Crippen molar-refractivity contribution in [2.75, 3.05) is 26.3 Å². The van der Waals surface area contributed by atoms with E-state index < -0.39 is 0 Å². The molecule has 3 N–H and O–H groups in total. The Labute approximate surface area is 128 Å². The summed E-state index contributed by atoms with van der Waals surface area (Å²) in [4.78, 5) is 0. The lowest BCUT2D eigenvalue weighted by Crippen LogP contribution is -2.31. The van der Waals surface area contributed by atoms with Crippen molar-refractivity contribution in [1.82, 2.24) is 5.32 Å². The fraction of sp³-hybridized carbons (Fsp3) is 0.429. The van der Waals surface area contributed by atoms with Crippen LogP contribution in [-0.2, 0) is 4.74 Å². The Bertz CT molecular complexity index is 426. The van der Waals surface area contributed by atoms with Gasteiger partial charge in [-0.05, 0) is 24.6 Å². The summed E-state index contributed by atoms with van der Waals surface area (Å²) in [6.07, 6.45) is 0. The van der Waals surface area contributed by atoms with Gasteiger partial charge in [0.2, 0.25) is 0 Å². The van der Waals surface area contributed by atoms with E-state index in [0.29, 0.717) is 24.8 Å². The van der Waals surface area contributed by atoms with E-state index in [2.05, 4.69) is 27.8 Å². The maximum Gasteiger partial charge on any atom is 0.0672 e. The van der Waals surface area contributed by atoms with Crippen molar-refractivity contribution in [1.29, 1.82) is 0 Å². The van der Waals surface area contributed by atoms with Gasteiger partial charge in [0, 0.05) is 28.6 Å². The first-order valence-electron chi connectivity index (χ1n) is 6.15. The first kappa shape index (κ1) is 16.7. The van der Waals surface area contributed by atoms with Gasteiger partial charge in [0.15, 0.2) is 0 Å². The summed E-state index contributed by atoms with van der Waals surface area (Å²) in [5, 5.41) is 4.07. The molecule has 0 aliphatic heterocycles. The third kappa shape index (κ3) is 6.06. The molecule has 0 aliphatic rings. The van der Waals surface area contributed by atoms with Gasteiger partial charge in [-0.25, -0.2) is 0 Å². The van der Waals surface area contributed by atoms with Crippen LogP contribution in [0.2, 0.25) is 5.02 Å². The minimum absolute atomic E-state index is 0.0834. The zero-order valence-electron chi connectivity index (χ0n) is 11.1. The fourth-order valence-corrected chi connectivity index (χ4v) is 2.62. The second-order valence-electron chi connectivity index (χ2n) is 4.42. The maximum absolute atomic E-state index is 5.93. The van der Waals surface area contributed by atoms with Crippen molar-refractivity contribution in [3.8, 4) is 0 Å². The molecule has 106 valence electrons. The first-order chi connectivity index (χ1) is 9.04. The molecule has 0 aliphatic carbocycles. The zero-order chi connectivity index (χ0) is 14.3. The van der Waals surface area contributed by atoms with Crippen LogP contribution in [0.1, 0.15) is 18.5 Å². The number of halogens is 2. The van der Waals surface area contributed by atoms with Crippen molar-refractivity contribution in [2.24, 2.45) is 5.73 Å². The van der Waals surface area contributed by atoms with Crippen molar-refractivity contribution < 1.29 is 4.74 Å². The molecule has 0 aromatic heterocycles. The SMILES string of the molecule is C=C(C)COCCNC(CN)c1ccc(Cl)cc1Br. The number of rotatable bonds is 8. The summed E-state index contributed by atoms with van der Waals surface area (Å²) in [6.45, 7) is 8.22. The first-order valence-corrected chi connectivity index (χ1v) is 7.32. The number of benzene rings is 1. The molecule has 1 aromatic carbocycles. The predicted octanol–water partition coefficient (Wildman–Crippen LogP) is 3.28. The van der Waals surface area contributed by atoms with Crippen LogP contribution >= 0.6 is 27.5 Å². The summed E-state index contributed by atoms with van der Waals surface area (Å²) in [7, 11) is 0. The summed E-state index contributed by atoms with van der Waals surface area (Å²) < 4.78 is 6.40. The van der Waals surface area contributed by atoms with Gasteiger partial charge in [-0.2, -0.15) is 0 Å². The summed E-state index contributed by atoms with van der Waals surface area (Å²) in [5.41, 5.74) is 7.93. The third-order valence-corrected chi connectivity index (χ3v) is 3.48. The van der Waals surface area contributed by atoms with Gasteiger partial charge < -0.3 is 15.8 Å². The highest BCUT2D eigenvalue weighted by Crippen LogP contribution is 2.26. The zero-order valence-corrected chi connectivity index (χ0v) is 13.4. The minimum Gasteiger partial charge on any atom is -0.376 e. The number of nitrogens with one attached hydrogen (secondary N) is 1. The van der Waals surface area contributed by atoms with Crippen molar-refractivity contribution in [3.05, 3.63) is 45.4 Å². The largest absolute Gasteiger partial charge is 0.376 e. The average Bonchev–Trinajstić information content (AvgIpc) is 2.34. The Morgan fingerprint density at radius 2 is 2.32 bits per heavy atom. The molecular formula is C14H20BrClN2O. The lowest BCUT2D eigenvalue weighted by atomic mass is 10.1. The van der Waals surface area contributed by atoms with Crippen molar-refractivity contribution in [2.45, 2.75) is 13.0 Å². The molecular weight excluding hydrogens is 328 g/mol.